The zero-order valence-electron chi connectivity index (χ0n) is 10.7. The quantitative estimate of drug-likeness (QED) is 0.877. The SMILES string of the molecule is Cc1ccsc1C(Oc1ccc(Cl)cc1Cl)C(C)N. The topological polar surface area (TPSA) is 35.2 Å². The summed E-state index contributed by atoms with van der Waals surface area (Å²) in [6, 6.07) is 7.11. The summed E-state index contributed by atoms with van der Waals surface area (Å²) in [6.45, 7) is 3.97. The molecule has 19 heavy (non-hydrogen) atoms. The van der Waals surface area contributed by atoms with Gasteiger partial charge in [-0.25, -0.2) is 0 Å². The van der Waals surface area contributed by atoms with Crippen molar-refractivity contribution in [2.45, 2.75) is 26.0 Å². The minimum atomic E-state index is -0.210. The summed E-state index contributed by atoms with van der Waals surface area (Å²) in [5, 5.41) is 3.11. The van der Waals surface area contributed by atoms with Gasteiger partial charge in [0, 0.05) is 15.9 Å². The molecule has 0 amide bonds. The summed E-state index contributed by atoms with van der Waals surface area (Å²) in [5.74, 6) is 0.598. The van der Waals surface area contributed by atoms with Gasteiger partial charge in [-0.2, -0.15) is 0 Å². The van der Waals surface area contributed by atoms with E-state index in [2.05, 4.69) is 6.07 Å². The highest BCUT2D eigenvalue weighted by atomic mass is 35.5. The first kappa shape index (κ1) is 14.7. The number of rotatable bonds is 4. The van der Waals surface area contributed by atoms with E-state index in [-0.39, 0.29) is 12.1 Å². The van der Waals surface area contributed by atoms with Gasteiger partial charge < -0.3 is 10.5 Å². The van der Waals surface area contributed by atoms with E-state index in [0.29, 0.717) is 15.8 Å². The standard InChI is InChI=1S/C14H15Cl2NOS/c1-8-5-6-19-14(8)13(9(2)17)18-12-4-3-10(15)7-11(12)16/h3-7,9,13H,17H2,1-2H3. The predicted octanol–water partition coefficient (Wildman–Crippen LogP) is 4.83. The maximum Gasteiger partial charge on any atom is 0.148 e. The van der Waals surface area contributed by atoms with E-state index in [4.69, 9.17) is 33.7 Å². The van der Waals surface area contributed by atoms with E-state index in [1.54, 1.807) is 29.5 Å². The van der Waals surface area contributed by atoms with Crippen molar-refractivity contribution in [3.63, 3.8) is 0 Å². The molecule has 2 N–H and O–H groups in total. The van der Waals surface area contributed by atoms with Crippen LogP contribution in [0.3, 0.4) is 0 Å². The van der Waals surface area contributed by atoms with Crippen LogP contribution < -0.4 is 10.5 Å². The van der Waals surface area contributed by atoms with Gasteiger partial charge in [-0.05, 0) is 49.1 Å². The first-order valence-electron chi connectivity index (χ1n) is 5.90. The van der Waals surface area contributed by atoms with Crippen LogP contribution in [0.5, 0.6) is 5.75 Å². The first-order chi connectivity index (χ1) is 8.99. The molecule has 2 unspecified atom stereocenters. The Bertz CT molecular complexity index is 568. The fourth-order valence-corrected chi connectivity index (χ4v) is 3.31. The van der Waals surface area contributed by atoms with E-state index in [0.717, 1.165) is 4.88 Å². The number of hydrogen-bond donors (Lipinski definition) is 1. The predicted molar refractivity (Wildman–Crippen MR) is 82.5 cm³/mol. The fraction of sp³-hybridized carbons (Fsp3) is 0.286. The zero-order chi connectivity index (χ0) is 14.0. The molecule has 0 aliphatic rings. The minimum Gasteiger partial charge on any atom is -0.482 e. The van der Waals surface area contributed by atoms with E-state index >= 15 is 0 Å². The molecule has 2 atom stereocenters. The summed E-state index contributed by atoms with van der Waals surface area (Å²) in [4.78, 5) is 1.13. The fourth-order valence-electron chi connectivity index (χ4n) is 1.78. The first-order valence-corrected chi connectivity index (χ1v) is 7.54. The van der Waals surface area contributed by atoms with Gasteiger partial charge in [0.2, 0.25) is 0 Å². The Morgan fingerprint density at radius 3 is 2.53 bits per heavy atom. The molecule has 1 aromatic carbocycles. The molecule has 102 valence electrons. The van der Waals surface area contributed by atoms with Crippen LogP contribution in [0.15, 0.2) is 29.6 Å². The summed E-state index contributed by atoms with van der Waals surface area (Å²) >= 11 is 13.7. The molecular formula is C14H15Cl2NOS. The maximum absolute atomic E-state index is 6.13. The van der Waals surface area contributed by atoms with Gasteiger partial charge in [0.25, 0.3) is 0 Å². The molecular weight excluding hydrogens is 301 g/mol. The van der Waals surface area contributed by atoms with Gasteiger partial charge in [-0.15, -0.1) is 11.3 Å². The molecule has 0 aliphatic heterocycles. The maximum atomic E-state index is 6.13. The highest BCUT2D eigenvalue weighted by Crippen LogP contribution is 2.34. The van der Waals surface area contributed by atoms with Crippen LogP contribution in [0.4, 0.5) is 0 Å². The molecule has 0 saturated carbocycles. The second-order valence-electron chi connectivity index (χ2n) is 4.44. The molecule has 1 heterocycles. The van der Waals surface area contributed by atoms with Crippen molar-refractivity contribution in [2.75, 3.05) is 0 Å². The van der Waals surface area contributed by atoms with Gasteiger partial charge in [-0.1, -0.05) is 23.2 Å². The number of hydrogen-bond acceptors (Lipinski definition) is 3. The average Bonchev–Trinajstić information content (AvgIpc) is 2.74. The lowest BCUT2D eigenvalue weighted by Gasteiger charge is -2.23. The van der Waals surface area contributed by atoms with Gasteiger partial charge in [0.1, 0.15) is 11.9 Å². The third-order valence-electron chi connectivity index (χ3n) is 2.79. The largest absolute Gasteiger partial charge is 0.482 e. The van der Waals surface area contributed by atoms with Gasteiger partial charge in [-0.3, -0.25) is 0 Å². The highest BCUT2D eigenvalue weighted by Gasteiger charge is 2.22. The molecule has 5 heteroatoms. The number of thiophene rings is 1. The minimum absolute atomic E-state index is 0.135. The van der Waals surface area contributed by atoms with Crippen LogP contribution in [0.1, 0.15) is 23.5 Å². The molecule has 0 aliphatic carbocycles. The molecule has 0 saturated heterocycles. The molecule has 1 aromatic heterocycles. The van der Waals surface area contributed by atoms with Gasteiger partial charge >= 0.3 is 0 Å². The average molecular weight is 316 g/mol. The van der Waals surface area contributed by atoms with Crippen molar-refractivity contribution in [3.8, 4) is 5.75 Å². The molecule has 2 aromatic rings. The lowest BCUT2D eigenvalue weighted by Crippen LogP contribution is -2.28. The van der Waals surface area contributed by atoms with Crippen molar-refractivity contribution in [2.24, 2.45) is 5.73 Å². The Morgan fingerprint density at radius 2 is 2.00 bits per heavy atom. The van der Waals surface area contributed by atoms with Crippen LogP contribution in [-0.4, -0.2) is 6.04 Å². The molecule has 0 radical (unpaired) electrons. The van der Waals surface area contributed by atoms with Crippen LogP contribution in [-0.2, 0) is 0 Å². The molecule has 2 rings (SSSR count). The van der Waals surface area contributed by atoms with E-state index < -0.39 is 0 Å². The van der Waals surface area contributed by atoms with Crippen LogP contribution >= 0.6 is 34.5 Å². The monoisotopic (exact) mass is 315 g/mol. The highest BCUT2D eigenvalue weighted by molar-refractivity contribution is 7.10. The van der Waals surface area contributed by atoms with Crippen LogP contribution in [0, 0.1) is 6.92 Å². The number of ether oxygens (including phenoxy) is 1. The Balaban J connectivity index is 2.29. The lowest BCUT2D eigenvalue weighted by molar-refractivity contribution is 0.183. The normalized spacial score (nSPS) is 14.2. The number of halogens is 2. The van der Waals surface area contributed by atoms with Crippen molar-refractivity contribution < 1.29 is 4.74 Å². The van der Waals surface area contributed by atoms with Crippen molar-refractivity contribution in [3.05, 3.63) is 50.1 Å². The van der Waals surface area contributed by atoms with Crippen molar-refractivity contribution >= 4 is 34.5 Å². The van der Waals surface area contributed by atoms with Crippen molar-refractivity contribution in [1.29, 1.82) is 0 Å². The number of aryl methyl sites for hydroxylation is 1. The Labute approximate surface area is 127 Å². The summed E-state index contributed by atoms with van der Waals surface area (Å²) in [5.41, 5.74) is 7.22. The zero-order valence-corrected chi connectivity index (χ0v) is 13.0. The van der Waals surface area contributed by atoms with E-state index in [1.165, 1.54) is 5.56 Å². The van der Waals surface area contributed by atoms with Crippen LogP contribution in [0.25, 0.3) is 0 Å². The van der Waals surface area contributed by atoms with Crippen molar-refractivity contribution in [1.82, 2.24) is 0 Å². The van der Waals surface area contributed by atoms with Gasteiger partial charge in [0.05, 0.1) is 5.02 Å². The summed E-state index contributed by atoms with van der Waals surface area (Å²) < 4.78 is 5.98. The van der Waals surface area contributed by atoms with Crippen LogP contribution in [0.2, 0.25) is 10.0 Å². The third-order valence-corrected chi connectivity index (χ3v) is 4.40. The summed E-state index contributed by atoms with van der Waals surface area (Å²) in [7, 11) is 0. The summed E-state index contributed by atoms with van der Waals surface area (Å²) in [6.07, 6.45) is -0.210. The molecule has 2 nitrogen and oxygen atoms in total. The molecule has 0 spiro atoms. The molecule has 0 bridgehead atoms. The number of nitrogens with two attached hydrogens (primary N) is 1. The third kappa shape index (κ3) is 3.42. The van der Waals surface area contributed by atoms with E-state index in [1.807, 2.05) is 19.2 Å². The lowest BCUT2D eigenvalue weighted by atomic mass is 10.1. The Hall–Kier alpha value is -0.740. The second kappa shape index (κ2) is 6.14. The number of benzene rings is 1. The second-order valence-corrected chi connectivity index (χ2v) is 6.23. The Morgan fingerprint density at radius 1 is 1.26 bits per heavy atom. The van der Waals surface area contributed by atoms with E-state index in [9.17, 15) is 0 Å². The smallest absolute Gasteiger partial charge is 0.148 e. The Kier molecular flexibility index (Phi) is 4.74. The molecule has 0 fully saturated rings. The van der Waals surface area contributed by atoms with Gasteiger partial charge in [0.15, 0.2) is 0 Å².